The monoisotopic (exact) mass is 307 g/mol. The Kier molecular flexibility index (Phi) is 4.42. The van der Waals surface area contributed by atoms with Crippen LogP contribution in [0.5, 0.6) is 0 Å². The SMILES string of the molecule is C[C@H](CNc1nc(-c2ccncc2)nc(=O)[nH]1)c1ccccc1. The number of hydrogen-bond acceptors (Lipinski definition) is 5. The van der Waals surface area contributed by atoms with Gasteiger partial charge in [0.15, 0.2) is 5.82 Å². The molecule has 2 aromatic heterocycles. The van der Waals surface area contributed by atoms with Gasteiger partial charge in [-0.05, 0) is 23.6 Å². The number of nitrogens with zero attached hydrogens (tertiary/aromatic N) is 3. The quantitative estimate of drug-likeness (QED) is 0.756. The minimum Gasteiger partial charge on any atom is -0.355 e. The molecule has 3 aromatic rings. The molecule has 0 bridgehead atoms. The third-order valence-corrected chi connectivity index (χ3v) is 3.53. The summed E-state index contributed by atoms with van der Waals surface area (Å²) >= 11 is 0. The molecule has 3 rings (SSSR count). The molecule has 0 saturated carbocycles. The van der Waals surface area contributed by atoms with E-state index in [0.29, 0.717) is 24.2 Å². The highest BCUT2D eigenvalue weighted by atomic mass is 16.1. The van der Waals surface area contributed by atoms with E-state index >= 15 is 0 Å². The van der Waals surface area contributed by atoms with Gasteiger partial charge in [-0.3, -0.25) is 9.97 Å². The van der Waals surface area contributed by atoms with E-state index in [2.05, 4.69) is 44.3 Å². The lowest BCUT2D eigenvalue weighted by Crippen LogP contribution is -2.19. The number of nitrogens with one attached hydrogen (secondary N) is 2. The van der Waals surface area contributed by atoms with Crippen molar-refractivity contribution in [2.45, 2.75) is 12.8 Å². The summed E-state index contributed by atoms with van der Waals surface area (Å²) in [5.74, 6) is 1.09. The molecule has 0 saturated heterocycles. The molecule has 0 amide bonds. The van der Waals surface area contributed by atoms with Gasteiger partial charge in [0.1, 0.15) is 0 Å². The molecule has 0 radical (unpaired) electrons. The number of H-pyrrole nitrogens is 1. The number of rotatable bonds is 5. The first-order valence-corrected chi connectivity index (χ1v) is 7.40. The van der Waals surface area contributed by atoms with Crippen molar-refractivity contribution < 1.29 is 0 Å². The van der Waals surface area contributed by atoms with E-state index in [1.807, 2.05) is 18.2 Å². The Labute approximate surface area is 133 Å². The molecule has 0 aliphatic heterocycles. The van der Waals surface area contributed by atoms with Crippen molar-refractivity contribution in [3.05, 3.63) is 70.9 Å². The molecule has 0 unspecified atom stereocenters. The standard InChI is InChI=1S/C17H17N5O/c1-12(13-5-3-2-4-6-13)11-19-16-20-15(21-17(23)22-16)14-7-9-18-10-8-14/h2-10,12H,11H2,1H3,(H2,19,20,21,22,23)/t12-/m1/s1. The molecule has 2 N–H and O–H groups in total. The smallest absolute Gasteiger partial charge is 0.349 e. The Balaban J connectivity index is 1.76. The zero-order chi connectivity index (χ0) is 16.1. The number of benzene rings is 1. The van der Waals surface area contributed by atoms with Gasteiger partial charge in [-0.25, -0.2) is 4.79 Å². The summed E-state index contributed by atoms with van der Waals surface area (Å²) in [6.07, 6.45) is 3.29. The zero-order valence-electron chi connectivity index (χ0n) is 12.7. The maximum Gasteiger partial charge on any atom is 0.349 e. The van der Waals surface area contributed by atoms with E-state index in [1.54, 1.807) is 24.5 Å². The first-order chi connectivity index (χ1) is 11.2. The number of pyridine rings is 1. The van der Waals surface area contributed by atoms with Gasteiger partial charge in [0.2, 0.25) is 5.95 Å². The van der Waals surface area contributed by atoms with E-state index in [-0.39, 0.29) is 0 Å². The first-order valence-electron chi connectivity index (χ1n) is 7.40. The summed E-state index contributed by atoms with van der Waals surface area (Å²) < 4.78 is 0. The fourth-order valence-corrected chi connectivity index (χ4v) is 2.25. The van der Waals surface area contributed by atoms with Crippen LogP contribution in [0.25, 0.3) is 11.4 Å². The highest BCUT2D eigenvalue weighted by Gasteiger charge is 2.08. The second-order valence-corrected chi connectivity index (χ2v) is 5.25. The lowest BCUT2D eigenvalue weighted by molar-refractivity contribution is 0.793. The summed E-state index contributed by atoms with van der Waals surface area (Å²) in [7, 11) is 0. The lowest BCUT2D eigenvalue weighted by Gasteiger charge is -2.13. The average Bonchev–Trinajstić information content (AvgIpc) is 2.61. The van der Waals surface area contributed by atoms with Gasteiger partial charge in [0.25, 0.3) is 0 Å². The van der Waals surface area contributed by atoms with Crippen molar-refractivity contribution in [2.75, 3.05) is 11.9 Å². The number of aromatic nitrogens is 4. The van der Waals surface area contributed by atoms with Crippen molar-refractivity contribution in [3.8, 4) is 11.4 Å². The van der Waals surface area contributed by atoms with Crippen LogP contribution in [-0.2, 0) is 0 Å². The zero-order valence-corrected chi connectivity index (χ0v) is 12.7. The van der Waals surface area contributed by atoms with Crippen LogP contribution < -0.4 is 11.0 Å². The second kappa shape index (κ2) is 6.83. The molecule has 0 fully saturated rings. The van der Waals surface area contributed by atoms with Gasteiger partial charge in [-0.15, -0.1) is 0 Å². The van der Waals surface area contributed by atoms with Gasteiger partial charge < -0.3 is 5.32 Å². The van der Waals surface area contributed by atoms with Crippen molar-refractivity contribution in [2.24, 2.45) is 0 Å². The van der Waals surface area contributed by atoms with Gasteiger partial charge >= 0.3 is 5.69 Å². The molecule has 116 valence electrons. The van der Waals surface area contributed by atoms with Crippen LogP contribution in [0.3, 0.4) is 0 Å². The van der Waals surface area contributed by atoms with Gasteiger partial charge in [-0.2, -0.15) is 9.97 Å². The van der Waals surface area contributed by atoms with E-state index in [1.165, 1.54) is 5.56 Å². The molecular formula is C17H17N5O. The van der Waals surface area contributed by atoms with Crippen molar-refractivity contribution in [1.82, 2.24) is 19.9 Å². The van der Waals surface area contributed by atoms with Crippen molar-refractivity contribution >= 4 is 5.95 Å². The Hall–Kier alpha value is -3.02. The van der Waals surface area contributed by atoms with Gasteiger partial charge in [0, 0.05) is 24.5 Å². The second-order valence-electron chi connectivity index (χ2n) is 5.25. The summed E-state index contributed by atoms with van der Waals surface area (Å²) in [4.78, 5) is 26.6. The van der Waals surface area contributed by atoms with E-state index < -0.39 is 5.69 Å². The summed E-state index contributed by atoms with van der Waals surface area (Å²) in [6.45, 7) is 2.78. The molecule has 1 atom stereocenters. The largest absolute Gasteiger partial charge is 0.355 e. The molecule has 2 heterocycles. The van der Waals surface area contributed by atoms with E-state index in [9.17, 15) is 4.79 Å². The summed E-state index contributed by atoms with van der Waals surface area (Å²) in [5, 5.41) is 3.17. The third-order valence-electron chi connectivity index (χ3n) is 3.53. The van der Waals surface area contributed by atoms with Crippen LogP contribution in [0.2, 0.25) is 0 Å². The van der Waals surface area contributed by atoms with E-state index in [4.69, 9.17) is 0 Å². The molecule has 1 aromatic carbocycles. The highest BCUT2D eigenvalue weighted by molar-refractivity contribution is 5.54. The van der Waals surface area contributed by atoms with Crippen LogP contribution in [0.1, 0.15) is 18.4 Å². The average molecular weight is 307 g/mol. The minimum absolute atomic E-state index is 0.291. The topological polar surface area (TPSA) is 83.6 Å². The van der Waals surface area contributed by atoms with Crippen molar-refractivity contribution in [3.63, 3.8) is 0 Å². The van der Waals surface area contributed by atoms with Gasteiger partial charge in [-0.1, -0.05) is 37.3 Å². The normalized spacial score (nSPS) is 11.9. The molecule has 23 heavy (non-hydrogen) atoms. The van der Waals surface area contributed by atoms with Crippen LogP contribution in [-0.4, -0.2) is 26.5 Å². The highest BCUT2D eigenvalue weighted by Crippen LogP contribution is 2.16. The van der Waals surface area contributed by atoms with E-state index in [0.717, 1.165) is 5.56 Å². The maximum absolute atomic E-state index is 11.7. The Morgan fingerprint density at radius 3 is 2.57 bits per heavy atom. The molecule has 0 aliphatic rings. The van der Waals surface area contributed by atoms with Gasteiger partial charge in [0.05, 0.1) is 0 Å². The predicted octanol–water partition coefficient (Wildman–Crippen LogP) is 2.44. The fourth-order valence-electron chi connectivity index (χ4n) is 2.25. The lowest BCUT2D eigenvalue weighted by atomic mass is 10.0. The van der Waals surface area contributed by atoms with Crippen LogP contribution >= 0.6 is 0 Å². The maximum atomic E-state index is 11.7. The van der Waals surface area contributed by atoms with Crippen LogP contribution in [0.15, 0.2) is 59.7 Å². The Bertz CT molecular complexity index is 817. The molecule has 6 heteroatoms. The fraction of sp³-hybridized carbons (Fsp3) is 0.176. The predicted molar refractivity (Wildman–Crippen MR) is 89.2 cm³/mol. The molecule has 0 spiro atoms. The number of anilines is 1. The van der Waals surface area contributed by atoms with Crippen molar-refractivity contribution in [1.29, 1.82) is 0 Å². The Morgan fingerprint density at radius 1 is 1.09 bits per heavy atom. The van der Waals surface area contributed by atoms with Crippen LogP contribution in [0.4, 0.5) is 5.95 Å². The minimum atomic E-state index is -0.429. The third kappa shape index (κ3) is 3.79. The Morgan fingerprint density at radius 2 is 1.83 bits per heavy atom. The molecule has 0 aliphatic carbocycles. The van der Waals surface area contributed by atoms with Crippen LogP contribution in [0, 0.1) is 0 Å². The summed E-state index contributed by atoms with van der Waals surface area (Å²) in [5.41, 5.74) is 1.55. The molecule has 6 nitrogen and oxygen atoms in total. The first kappa shape index (κ1) is 14.9. The summed E-state index contributed by atoms with van der Waals surface area (Å²) in [6, 6.07) is 13.7. The molecular weight excluding hydrogens is 290 g/mol. The number of hydrogen-bond donors (Lipinski definition) is 2. The number of aromatic amines is 1.